The van der Waals surface area contributed by atoms with Crippen LogP contribution in [0.1, 0.15) is 58.3 Å². The molecule has 0 aliphatic carbocycles. The standard InChI is InChI=1S/C41H44N6O6SSi/c1-28-34-35(48)46(41(5,6)38(49)53-55(40(2,3)4,29-17-10-8-11-18-29)30-19-12-9-13-20-30)39(50)45(37(34)54-36(28)47-43-24-25-44-47)27-33(52-26-16-23-42)31-21-14-15-22-32(31)51-7/h8-15,17-22,24-25,33H,16,26-27H2,1-7H3/t33-/m0/s1. The van der Waals surface area contributed by atoms with Crippen LogP contribution >= 0.6 is 11.3 Å². The number of aryl methyl sites for hydroxylation is 1. The second-order valence-electron chi connectivity index (χ2n) is 14.7. The van der Waals surface area contributed by atoms with Crippen molar-refractivity contribution in [2.75, 3.05) is 13.7 Å². The maximum absolute atomic E-state index is 15.1. The summed E-state index contributed by atoms with van der Waals surface area (Å²) in [6.45, 7) is 11.0. The van der Waals surface area contributed by atoms with Crippen molar-refractivity contribution in [2.45, 2.75) is 71.2 Å². The summed E-state index contributed by atoms with van der Waals surface area (Å²) in [4.78, 5) is 46.7. The van der Waals surface area contributed by atoms with Crippen molar-refractivity contribution >= 4 is 46.2 Å². The maximum Gasteiger partial charge on any atom is 0.333 e. The number of aromatic nitrogens is 5. The minimum Gasteiger partial charge on any atom is -0.508 e. The first-order chi connectivity index (χ1) is 26.3. The Labute approximate surface area is 324 Å². The summed E-state index contributed by atoms with van der Waals surface area (Å²) >= 11 is 1.19. The molecule has 0 saturated heterocycles. The van der Waals surface area contributed by atoms with Crippen molar-refractivity contribution in [3.05, 3.63) is 129 Å². The van der Waals surface area contributed by atoms with E-state index in [0.717, 1.165) is 14.9 Å². The average Bonchev–Trinajstić information content (AvgIpc) is 3.83. The summed E-state index contributed by atoms with van der Waals surface area (Å²) in [5, 5.41) is 19.9. The Hall–Kier alpha value is -5.62. The first kappa shape index (κ1) is 39.1. The number of nitriles is 1. The number of rotatable bonds is 13. The van der Waals surface area contributed by atoms with Gasteiger partial charge in [0.2, 0.25) is 0 Å². The van der Waals surface area contributed by atoms with Crippen LogP contribution in [0.15, 0.2) is 107 Å². The van der Waals surface area contributed by atoms with Crippen LogP contribution in [0, 0.1) is 18.3 Å². The molecule has 0 saturated carbocycles. The van der Waals surface area contributed by atoms with Crippen LogP contribution in [-0.2, 0) is 26.0 Å². The molecule has 0 unspecified atom stereocenters. The van der Waals surface area contributed by atoms with Gasteiger partial charge in [-0.2, -0.15) is 15.5 Å². The highest BCUT2D eigenvalue weighted by Gasteiger charge is 2.55. The number of carbonyl (C=O) groups is 1. The molecular formula is C41H44N6O6SSi. The van der Waals surface area contributed by atoms with Crippen LogP contribution in [0.4, 0.5) is 0 Å². The second kappa shape index (κ2) is 15.6. The number of hydrogen-bond donors (Lipinski definition) is 0. The van der Waals surface area contributed by atoms with Gasteiger partial charge in [-0.15, -0.1) is 4.80 Å². The fourth-order valence-corrected chi connectivity index (χ4v) is 12.8. The van der Waals surface area contributed by atoms with Crippen molar-refractivity contribution in [3.8, 4) is 16.8 Å². The molecule has 0 bridgehead atoms. The third-order valence-corrected chi connectivity index (χ3v) is 16.1. The predicted octanol–water partition coefficient (Wildman–Crippen LogP) is 5.63. The van der Waals surface area contributed by atoms with Gasteiger partial charge < -0.3 is 13.9 Å². The van der Waals surface area contributed by atoms with E-state index in [-0.39, 0.29) is 25.0 Å². The van der Waals surface area contributed by atoms with Crippen molar-refractivity contribution in [3.63, 3.8) is 0 Å². The molecule has 0 aliphatic heterocycles. The van der Waals surface area contributed by atoms with E-state index in [9.17, 15) is 10.1 Å². The van der Waals surface area contributed by atoms with Crippen molar-refractivity contribution < 1.29 is 18.7 Å². The molecular weight excluding hydrogens is 733 g/mol. The highest BCUT2D eigenvalue weighted by Crippen LogP contribution is 2.39. The van der Waals surface area contributed by atoms with E-state index in [0.29, 0.717) is 26.7 Å². The van der Waals surface area contributed by atoms with Crippen LogP contribution < -0.4 is 26.4 Å². The SMILES string of the molecule is COc1ccccc1[C@H](Cn1c(=O)n(C(C)(C)C(=O)O[Si](c2ccccc2)(c2ccccc2)C(C)(C)C)c(=O)c2c(C)c(-n3nccn3)sc21)OCCC#N. The fraction of sp³-hybridized carbons (Fsp3) is 0.317. The Balaban J connectivity index is 1.59. The largest absolute Gasteiger partial charge is 0.508 e. The molecule has 55 heavy (non-hydrogen) atoms. The summed E-state index contributed by atoms with van der Waals surface area (Å²) < 4.78 is 21.3. The Morgan fingerprint density at radius 3 is 2.05 bits per heavy atom. The molecule has 284 valence electrons. The highest BCUT2D eigenvalue weighted by molar-refractivity contribution is 7.21. The summed E-state index contributed by atoms with van der Waals surface area (Å²) in [6, 6.07) is 28.8. The molecule has 3 aromatic carbocycles. The first-order valence-electron chi connectivity index (χ1n) is 17.9. The molecule has 6 aromatic rings. The van der Waals surface area contributed by atoms with E-state index in [1.165, 1.54) is 33.1 Å². The summed E-state index contributed by atoms with van der Waals surface area (Å²) in [5.41, 5.74) is -1.98. The number of benzene rings is 3. The van der Waals surface area contributed by atoms with Crippen LogP contribution in [0.2, 0.25) is 5.04 Å². The minimum atomic E-state index is -3.45. The van der Waals surface area contributed by atoms with E-state index in [1.54, 1.807) is 33.9 Å². The number of nitrogens with zero attached hydrogens (tertiary/aromatic N) is 6. The van der Waals surface area contributed by atoms with Gasteiger partial charge in [-0.3, -0.25) is 14.2 Å². The Kier molecular flexibility index (Phi) is 11.1. The highest BCUT2D eigenvalue weighted by atomic mass is 32.1. The molecule has 0 spiro atoms. The van der Waals surface area contributed by atoms with Crippen molar-refractivity contribution in [1.29, 1.82) is 5.26 Å². The number of ether oxygens (including phenoxy) is 2. The maximum atomic E-state index is 15.1. The molecule has 0 amide bonds. The van der Waals surface area contributed by atoms with Crippen LogP contribution in [-0.4, -0.2) is 52.1 Å². The van der Waals surface area contributed by atoms with Gasteiger partial charge in [-0.05, 0) is 42.2 Å². The van der Waals surface area contributed by atoms with Gasteiger partial charge in [-0.1, -0.05) is 111 Å². The topological polar surface area (TPSA) is 143 Å². The van der Waals surface area contributed by atoms with Gasteiger partial charge in [0.25, 0.3) is 5.56 Å². The van der Waals surface area contributed by atoms with Crippen molar-refractivity contribution in [2.24, 2.45) is 0 Å². The summed E-state index contributed by atoms with van der Waals surface area (Å²) in [5.74, 6) is -0.194. The zero-order chi connectivity index (χ0) is 39.5. The Bertz CT molecular complexity index is 2420. The van der Waals surface area contributed by atoms with Gasteiger partial charge in [0.1, 0.15) is 27.2 Å². The number of hydrogen-bond acceptors (Lipinski definition) is 10. The number of carbonyl (C=O) groups excluding carboxylic acids is 1. The molecule has 3 aromatic heterocycles. The van der Waals surface area contributed by atoms with Crippen LogP contribution in [0.3, 0.4) is 0 Å². The fourth-order valence-electron chi connectivity index (χ4n) is 7.09. The first-order valence-corrected chi connectivity index (χ1v) is 20.6. The predicted molar refractivity (Wildman–Crippen MR) is 215 cm³/mol. The molecule has 0 radical (unpaired) electrons. The van der Waals surface area contributed by atoms with Gasteiger partial charge in [-0.25, -0.2) is 9.36 Å². The summed E-state index contributed by atoms with van der Waals surface area (Å²) in [6.07, 6.45) is 2.39. The van der Waals surface area contributed by atoms with E-state index in [1.807, 2.05) is 78.9 Å². The lowest BCUT2D eigenvalue weighted by molar-refractivity contribution is -0.144. The second-order valence-corrected chi connectivity index (χ2v) is 19.9. The number of methoxy groups -OCH3 is 1. The van der Waals surface area contributed by atoms with Gasteiger partial charge in [0.15, 0.2) is 0 Å². The number of para-hydroxylation sites is 1. The Morgan fingerprint density at radius 1 is 0.909 bits per heavy atom. The van der Waals surface area contributed by atoms with E-state index >= 15 is 9.59 Å². The molecule has 0 N–H and O–H groups in total. The van der Waals surface area contributed by atoms with E-state index < -0.39 is 42.2 Å². The zero-order valence-corrected chi connectivity index (χ0v) is 33.8. The van der Waals surface area contributed by atoms with Crippen LogP contribution in [0.5, 0.6) is 5.75 Å². The average molecular weight is 777 g/mol. The quantitative estimate of drug-likeness (QED) is 0.108. The van der Waals surface area contributed by atoms with E-state index in [4.69, 9.17) is 13.9 Å². The molecule has 1 atom stereocenters. The third-order valence-electron chi connectivity index (χ3n) is 9.88. The van der Waals surface area contributed by atoms with E-state index in [2.05, 4.69) is 37.0 Å². The Morgan fingerprint density at radius 2 is 1.49 bits per heavy atom. The minimum absolute atomic E-state index is 0.0762. The molecule has 0 fully saturated rings. The lowest BCUT2D eigenvalue weighted by atomic mass is 10.1. The third kappa shape index (κ3) is 7.06. The van der Waals surface area contributed by atoms with Crippen LogP contribution in [0.25, 0.3) is 15.2 Å². The monoisotopic (exact) mass is 776 g/mol. The zero-order valence-electron chi connectivity index (χ0n) is 32.0. The molecule has 12 nitrogen and oxygen atoms in total. The lowest BCUT2D eigenvalue weighted by Crippen LogP contribution is -2.69. The van der Waals surface area contributed by atoms with Crippen molar-refractivity contribution in [1.82, 2.24) is 24.1 Å². The number of thiophene rings is 1. The molecule has 3 heterocycles. The van der Waals surface area contributed by atoms with Gasteiger partial charge >= 0.3 is 20.0 Å². The molecule has 0 aliphatic rings. The van der Waals surface area contributed by atoms with Gasteiger partial charge in [0.05, 0.1) is 50.5 Å². The normalized spacial score (nSPS) is 12.7. The smallest absolute Gasteiger partial charge is 0.333 e. The summed E-state index contributed by atoms with van der Waals surface area (Å²) in [7, 11) is -1.91. The number of fused-ring (bicyclic) bond motifs is 1. The van der Waals surface area contributed by atoms with Gasteiger partial charge in [0, 0.05) is 11.1 Å². The molecule has 14 heteroatoms. The molecule has 6 rings (SSSR count). The lowest BCUT2D eigenvalue weighted by Gasteiger charge is -2.43.